The third kappa shape index (κ3) is 2.49. The molecule has 0 aliphatic heterocycles. The van der Waals surface area contributed by atoms with E-state index < -0.39 is 5.82 Å². The zero-order valence-electron chi connectivity index (χ0n) is 9.45. The van der Waals surface area contributed by atoms with E-state index in [0.29, 0.717) is 10.0 Å². The Labute approximate surface area is 112 Å². The number of nitriles is 1. The number of nitrogens with zero attached hydrogens (tertiary/aromatic N) is 2. The van der Waals surface area contributed by atoms with Gasteiger partial charge in [0.1, 0.15) is 11.6 Å². The van der Waals surface area contributed by atoms with Crippen molar-refractivity contribution in [2.45, 2.75) is 6.92 Å². The van der Waals surface area contributed by atoms with Crippen LogP contribution in [0.3, 0.4) is 0 Å². The second-order valence-corrected chi connectivity index (χ2v) is 4.51. The molecular weight excluding hydrogens is 299 g/mol. The van der Waals surface area contributed by atoms with Gasteiger partial charge in [-0.3, -0.25) is 0 Å². The molecule has 0 spiro atoms. The van der Waals surface area contributed by atoms with Crippen LogP contribution in [0.2, 0.25) is 0 Å². The van der Waals surface area contributed by atoms with Crippen molar-refractivity contribution in [2.75, 3.05) is 0 Å². The Hall–Kier alpha value is -1.93. The standard InChI is InChI=1S/C13H8BrFN2O/c1-8-4-5-17-13(10(8)7-16)18-12-6-9(14)2-3-11(12)15/h2-6H,1H3. The van der Waals surface area contributed by atoms with Gasteiger partial charge in [-0.15, -0.1) is 0 Å². The predicted octanol–water partition coefficient (Wildman–Crippen LogP) is 3.96. The second kappa shape index (κ2) is 5.15. The quantitative estimate of drug-likeness (QED) is 0.843. The maximum atomic E-state index is 13.5. The van der Waals surface area contributed by atoms with Gasteiger partial charge in [0.25, 0.3) is 0 Å². The topological polar surface area (TPSA) is 45.9 Å². The average Bonchev–Trinajstić information content (AvgIpc) is 2.34. The fourth-order valence-electron chi connectivity index (χ4n) is 1.41. The van der Waals surface area contributed by atoms with Gasteiger partial charge in [0.05, 0.1) is 0 Å². The smallest absolute Gasteiger partial charge is 0.237 e. The van der Waals surface area contributed by atoms with Crippen molar-refractivity contribution in [3.05, 3.63) is 51.9 Å². The van der Waals surface area contributed by atoms with Crippen LogP contribution in [0.15, 0.2) is 34.9 Å². The Morgan fingerprint density at radius 1 is 1.39 bits per heavy atom. The van der Waals surface area contributed by atoms with E-state index in [4.69, 9.17) is 10.00 Å². The van der Waals surface area contributed by atoms with E-state index in [1.54, 1.807) is 19.1 Å². The molecule has 0 amide bonds. The van der Waals surface area contributed by atoms with Crippen molar-refractivity contribution in [1.82, 2.24) is 4.98 Å². The molecule has 90 valence electrons. The van der Waals surface area contributed by atoms with Crippen LogP contribution in [0.5, 0.6) is 11.6 Å². The van der Waals surface area contributed by atoms with E-state index in [0.717, 1.165) is 5.56 Å². The number of ether oxygens (including phenoxy) is 1. The Balaban J connectivity index is 2.44. The summed E-state index contributed by atoms with van der Waals surface area (Å²) in [6, 6.07) is 8.03. The van der Waals surface area contributed by atoms with Crippen LogP contribution >= 0.6 is 15.9 Å². The summed E-state index contributed by atoms with van der Waals surface area (Å²) in [7, 11) is 0. The third-order valence-electron chi connectivity index (χ3n) is 2.34. The van der Waals surface area contributed by atoms with Gasteiger partial charge in [0.15, 0.2) is 11.6 Å². The van der Waals surface area contributed by atoms with Crippen molar-refractivity contribution in [3.8, 4) is 17.7 Å². The molecule has 1 aromatic carbocycles. The Morgan fingerprint density at radius 2 is 2.17 bits per heavy atom. The van der Waals surface area contributed by atoms with Gasteiger partial charge >= 0.3 is 0 Å². The highest BCUT2D eigenvalue weighted by Crippen LogP contribution is 2.29. The van der Waals surface area contributed by atoms with Gasteiger partial charge in [-0.1, -0.05) is 15.9 Å². The summed E-state index contributed by atoms with van der Waals surface area (Å²) in [6.45, 7) is 1.77. The Kier molecular flexibility index (Phi) is 3.58. The van der Waals surface area contributed by atoms with Crippen LogP contribution in [-0.2, 0) is 0 Å². The van der Waals surface area contributed by atoms with Gasteiger partial charge in [0, 0.05) is 10.7 Å². The lowest BCUT2D eigenvalue weighted by Gasteiger charge is -2.08. The van der Waals surface area contributed by atoms with E-state index in [-0.39, 0.29) is 11.6 Å². The van der Waals surface area contributed by atoms with Gasteiger partial charge in [-0.25, -0.2) is 9.37 Å². The van der Waals surface area contributed by atoms with Crippen LogP contribution in [0.4, 0.5) is 4.39 Å². The highest BCUT2D eigenvalue weighted by Gasteiger charge is 2.12. The maximum absolute atomic E-state index is 13.5. The monoisotopic (exact) mass is 306 g/mol. The molecule has 0 radical (unpaired) electrons. The van der Waals surface area contributed by atoms with Gasteiger partial charge in [0.2, 0.25) is 5.88 Å². The molecule has 3 nitrogen and oxygen atoms in total. The number of aryl methyl sites for hydroxylation is 1. The van der Waals surface area contributed by atoms with E-state index in [9.17, 15) is 4.39 Å². The lowest BCUT2D eigenvalue weighted by atomic mass is 10.2. The number of halogens is 2. The molecule has 0 aliphatic carbocycles. The number of rotatable bonds is 2. The number of hydrogen-bond acceptors (Lipinski definition) is 3. The highest BCUT2D eigenvalue weighted by atomic mass is 79.9. The fraction of sp³-hybridized carbons (Fsp3) is 0.0769. The lowest BCUT2D eigenvalue weighted by Crippen LogP contribution is -1.95. The second-order valence-electron chi connectivity index (χ2n) is 3.60. The van der Waals surface area contributed by atoms with Crippen LogP contribution < -0.4 is 4.74 Å². The molecule has 1 heterocycles. The van der Waals surface area contributed by atoms with E-state index in [2.05, 4.69) is 20.9 Å². The molecule has 2 aromatic rings. The number of hydrogen-bond donors (Lipinski definition) is 0. The summed E-state index contributed by atoms with van der Waals surface area (Å²) in [5, 5.41) is 9.03. The summed E-state index contributed by atoms with van der Waals surface area (Å²) in [4.78, 5) is 3.95. The minimum Gasteiger partial charge on any atom is -0.435 e. The molecule has 0 N–H and O–H groups in total. The number of benzene rings is 1. The van der Waals surface area contributed by atoms with Gasteiger partial charge < -0.3 is 4.74 Å². The van der Waals surface area contributed by atoms with Crippen molar-refractivity contribution in [1.29, 1.82) is 5.26 Å². The summed E-state index contributed by atoms with van der Waals surface area (Å²) in [5.74, 6) is -0.376. The fourth-order valence-corrected chi connectivity index (χ4v) is 1.75. The molecule has 0 bridgehead atoms. The molecule has 0 fully saturated rings. The average molecular weight is 307 g/mol. The summed E-state index contributed by atoms with van der Waals surface area (Å²) in [6.07, 6.45) is 1.52. The molecule has 0 aliphatic rings. The SMILES string of the molecule is Cc1ccnc(Oc2cc(Br)ccc2F)c1C#N. The van der Waals surface area contributed by atoms with Crippen LogP contribution in [0.1, 0.15) is 11.1 Å². The van der Waals surface area contributed by atoms with Crippen LogP contribution in [0.25, 0.3) is 0 Å². The first kappa shape index (κ1) is 12.5. The minimum atomic E-state index is -0.509. The molecule has 0 atom stereocenters. The molecule has 5 heteroatoms. The zero-order chi connectivity index (χ0) is 13.1. The van der Waals surface area contributed by atoms with Crippen LogP contribution in [-0.4, -0.2) is 4.98 Å². The maximum Gasteiger partial charge on any atom is 0.237 e. The van der Waals surface area contributed by atoms with E-state index in [1.807, 2.05) is 6.07 Å². The summed E-state index contributed by atoms with van der Waals surface area (Å²) in [5.41, 5.74) is 1.04. The number of aromatic nitrogens is 1. The number of pyridine rings is 1. The zero-order valence-corrected chi connectivity index (χ0v) is 11.0. The first-order valence-corrected chi connectivity index (χ1v) is 5.89. The Morgan fingerprint density at radius 3 is 2.89 bits per heavy atom. The molecule has 1 aromatic heterocycles. The van der Waals surface area contributed by atoms with Crippen molar-refractivity contribution < 1.29 is 9.13 Å². The van der Waals surface area contributed by atoms with E-state index in [1.165, 1.54) is 18.3 Å². The first-order valence-electron chi connectivity index (χ1n) is 5.10. The van der Waals surface area contributed by atoms with Crippen molar-refractivity contribution in [2.24, 2.45) is 0 Å². The van der Waals surface area contributed by atoms with E-state index >= 15 is 0 Å². The van der Waals surface area contributed by atoms with Gasteiger partial charge in [-0.05, 0) is 36.8 Å². The largest absolute Gasteiger partial charge is 0.435 e. The molecule has 2 rings (SSSR count). The molecule has 0 saturated carbocycles. The normalized spacial score (nSPS) is 9.89. The third-order valence-corrected chi connectivity index (χ3v) is 2.83. The highest BCUT2D eigenvalue weighted by molar-refractivity contribution is 9.10. The molecular formula is C13H8BrFN2O. The minimum absolute atomic E-state index is 0.0268. The summed E-state index contributed by atoms with van der Waals surface area (Å²) >= 11 is 3.23. The predicted molar refractivity (Wildman–Crippen MR) is 67.9 cm³/mol. The Bertz CT molecular complexity index is 637. The molecule has 0 saturated heterocycles. The molecule has 0 unspecified atom stereocenters. The summed E-state index contributed by atoms with van der Waals surface area (Å²) < 4.78 is 19.6. The van der Waals surface area contributed by atoms with Crippen molar-refractivity contribution in [3.63, 3.8) is 0 Å². The van der Waals surface area contributed by atoms with Crippen molar-refractivity contribution >= 4 is 15.9 Å². The van der Waals surface area contributed by atoms with Gasteiger partial charge in [-0.2, -0.15) is 5.26 Å². The lowest BCUT2D eigenvalue weighted by molar-refractivity contribution is 0.425. The van der Waals surface area contributed by atoms with Crippen LogP contribution in [0, 0.1) is 24.1 Å². The molecule has 18 heavy (non-hydrogen) atoms. The first-order chi connectivity index (χ1) is 8.61.